The first-order valence-corrected chi connectivity index (χ1v) is 21.2. The van der Waals surface area contributed by atoms with Crippen LogP contribution in [0.1, 0.15) is 87.0 Å². The van der Waals surface area contributed by atoms with Gasteiger partial charge in [-0.1, -0.05) is 57.2 Å². The Labute approximate surface area is 349 Å². The van der Waals surface area contributed by atoms with Gasteiger partial charge in [0.25, 0.3) is 10.1 Å². The number of unbranched alkanes of at least 4 members (excludes halogenated alkanes) is 1. The first-order chi connectivity index (χ1) is 28.5. The molecule has 0 saturated carbocycles. The molecular weight excluding hydrogens is 785 g/mol. The predicted octanol–water partition coefficient (Wildman–Crippen LogP) is 9.54. The lowest BCUT2D eigenvalue weighted by Crippen LogP contribution is -2.31. The lowest BCUT2D eigenvalue weighted by atomic mass is 9.81. The first-order valence-electron chi connectivity index (χ1n) is 19.7. The number of azo groups is 1. The number of phenols is 1. The highest BCUT2D eigenvalue weighted by Crippen LogP contribution is 2.44. The maximum absolute atomic E-state index is 13.4. The molecule has 314 valence electrons. The number of hydrogen-bond acceptors (Lipinski definition) is 10. The molecule has 13 nitrogen and oxygen atoms in total. The molecule has 0 heterocycles. The van der Waals surface area contributed by atoms with Crippen LogP contribution in [0.25, 0.3) is 10.8 Å². The molecule has 1 aliphatic carbocycles. The molecule has 5 aromatic carbocycles. The molecule has 5 aromatic rings. The summed E-state index contributed by atoms with van der Waals surface area (Å²) in [5, 5.41) is 36.8. The summed E-state index contributed by atoms with van der Waals surface area (Å²) >= 11 is 0. The quantitative estimate of drug-likeness (QED) is 0.0388. The number of ether oxygens (including phenoxy) is 2. The van der Waals surface area contributed by atoms with E-state index in [-0.39, 0.29) is 44.8 Å². The number of hydrogen-bond donors (Lipinski definition) is 5. The van der Waals surface area contributed by atoms with Crippen LogP contribution in [-0.2, 0) is 25.1 Å². The summed E-state index contributed by atoms with van der Waals surface area (Å²) in [5.74, 6) is 0.0599. The predicted molar refractivity (Wildman–Crippen MR) is 230 cm³/mol. The molecule has 0 radical (unpaired) electrons. The van der Waals surface area contributed by atoms with E-state index in [0.717, 1.165) is 30.2 Å². The van der Waals surface area contributed by atoms with E-state index in [0.29, 0.717) is 47.7 Å². The Hall–Kier alpha value is -6.09. The third-order valence-corrected chi connectivity index (χ3v) is 11.6. The van der Waals surface area contributed by atoms with Crippen molar-refractivity contribution in [1.82, 2.24) is 5.32 Å². The molecule has 60 heavy (non-hydrogen) atoms. The fraction of sp³-hybridized carbons (Fsp3) is 0.304. The minimum absolute atomic E-state index is 0.0284. The largest absolute Gasteiger partial charge is 0.505 e. The number of phenolic OH excluding ortho intramolecular Hbond substituents is 1. The minimum Gasteiger partial charge on any atom is -0.505 e. The third kappa shape index (κ3) is 9.84. The standard InChI is InChI=1S/C46H50N4O9S/c1-7-46(5,6)31-14-19-39(27(2)23-31)58-21-11-10-20-47-45(54)37-26-40(35-12-8-9-13-36(35)43(37)52)59-33-17-15-32(16-18-33)49-50-42-28(3)22-30-24-34(60(55,56)57)25-38(48-29(4)51)41(30)44(42)53/h8-9,12-19,22-26,40,43,52-53H,7,10-11,20-21H2,1-6H3,(H,47,54)(H,48,51)(H,55,56,57). The van der Waals surface area contributed by atoms with Crippen LogP contribution in [0.3, 0.4) is 0 Å². The maximum atomic E-state index is 13.4. The molecule has 0 saturated heterocycles. The topological polar surface area (TPSA) is 196 Å². The Bertz CT molecular complexity index is 2600. The number of nitrogens with one attached hydrogen (secondary N) is 2. The number of aryl methyl sites for hydroxylation is 2. The molecule has 0 spiro atoms. The number of carbonyl (C=O) groups is 2. The van der Waals surface area contributed by atoms with Crippen LogP contribution in [0.5, 0.6) is 17.2 Å². The van der Waals surface area contributed by atoms with Crippen LogP contribution in [0, 0.1) is 13.8 Å². The maximum Gasteiger partial charge on any atom is 0.294 e. The average molecular weight is 835 g/mol. The van der Waals surface area contributed by atoms with Gasteiger partial charge in [0.05, 0.1) is 22.9 Å². The highest BCUT2D eigenvalue weighted by molar-refractivity contribution is 7.85. The second-order valence-electron chi connectivity index (χ2n) is 15.5. The SMILES string of the molecule is CCC(C)(C)c1ccc(OCCCCNC(=O)C2=CC(Oc3ccc(N=Nc4c(C)cc5cc(S(=O)(=O)O)cc(NC(C)=O)c5c4O)cc3)c3ccccc3C2O)c(C)c1. The van der Waals surface area contributed by atoms with Crippen molar-refractivity contribution in [2.45, 2.75) is 83.3 Å². The highest BCUT2D eigenvalue weighted by atomic mass is 32.2. The van der Waals surface area contributed by atoms with Crippen molar-refractivity contribution >= 4 is 49.8 Å². The lowest BCUT2D eigenvalue weighted by molar-refractivity contribution is -0.118. The number of amides is 2. The number of aliphatic hydroxyl groups is 1. The Morgan fingerprint density at radius 3 is 2.28 bits per heavy atom. The fourth-order valence-corrected chi connectivity index (χ4v) is 7.55. The summed E-state index contributed by atoms with van der Waals surface area (Å²) < 4.78 is 45.8. The van der Waals surface area contributed by atoms with Gasteiger partial charge in [-0.3, -0.25) is 14.1 Å². The summed E-state index contributed by atoms with van der Waals surface area (Å²) in [6.07, 6.45) is 2.28. The van der Waals surface area contributed by atoms with E-state index in [4.69, 9.17) is 9.47 Å². The summed E-state index contributed by atoms with van der Waals surface area (Å²) in [5.41, 5.74) is 4.87. The van der Waals surface area contributed by atoms with E-state index in [1.807, 2.05) is 18.2 Å². The summed E-state index contributed by atoms with van der Waals surface area (Å²) in [6.45, 7) is 12.5. The van der Waals surface area contributed by atoms with Crippen LogP contribution >= 0.6 is 0 Å². The van der Waals surface area contributed by atoms with Gasteiger partial charge in [0, 0.05) is 30.0 Å². The molecule has 2 atom stereocenters. The second-order valence-corrected chi connectivity index (χ2v) is 17.0. The van der Waals surface area contributed by atoms with Gasteiger partial charge in [0.15, 0.2) is 5.75 Å². The Morgan fingerprint density at radius 1 is 0.900 bits per heavy atom. The monoisotopic (exact) mass is 834 g/mol. The zero-order chi connectivity index (χ0) is 43.4. The number of benzene rings is 5. The fourth-order valence-electron chi connectivity index (χ4n) is 7.01. The Morgan fingerprint density at radius 2 is 1.62 bits per heavy atom. The van der Waals surface area contributed by atoms with Crippen LogP contribution in [-0.4, -0.2) is 48.1 Å². The van der Waals surface area contributed by atoms with Gasteiger partial charge in [0.1, 0.15) is 29.4 Å². The highest BCUT2D eigenvalue weighted by Gasteiger charge is 2.32. The number of aliphatic hydroxyl groups excluding tert-OH is 1. The molecule has 0 aliphatic heterocycles. The number of carbonyl (C=O) groups excluding carboxylic acids is 2. The van der Waals surface area contributed by atoms with E-state index < -0.39 is 33.1 Å². The molecule has 2 amide bonds. The number of nitrogens with zero attached hydrogens (tertiary/aromatic N) is 2. The first kappa shape index (κ1) is 43.5. The molecule has 14 heteroatoms. The van der Waals surface area contributed by atoms with Crippen LogP contribution in [0.15, 0.2) is 112 Å². The van der Waals surface area contributed by atoms with E-state index >= 15 is 0 Å². The van der Waals surface area contributed by atoms with Crippen LogP contribution in [0.2, 0.25) is 0 Å². The number of anilines is 1. The van der Waals surface area contributed by atoms with Crippen LogP contribution < -0.4 is 20.1 Å². The van der Waals surface area contributed by atoms with Gasteiger partial charge in [-0.2, -0.15) is 13.5 Å². The van der Waals surface area contributed by atoms with Crippen molar-refractivity contribution in [3.05, 3.63) is 124 Å². The smallest absolute Gasteiger partial charge is 0.294 e. The van der Waals surface area contributed by atoms with E-state index in [9.17, 15) is 32.8 Å². The van der Waals surface area contributed by atoms with Crippen molar-refractivity contribution in [1.29, 1.82) is 0 Å². The van der Waals surface area contributed by atoms with Gasteiger partial charge in [-0.05, 0) is 121 Å². The number of fused-ring (bicyclic) bond motifs is 2. The Balaban J connectivity index is 1.11. The lowest BCUT2D eigenvalue weighted by Gasteiger charge is -2.28. The van der Waals surface area contributed by atoms with Crippen molar-refractivity contribution in [2.75, 3.05) is 18.5 Å². The van der Waals surface area contributed by atoms with Crippen LogP contribution in [0.4, 0.5) is 17.1 Å². The zero-order valence-electron chi connectivity index (χ0n) is 34.4. The molecule has 2 unspecified atom stereocenters. The molecule has 1 aliphatic rings. The summed E-state index contributed by atoms with van der Waals surface area (Å²) in [7, 11) is -4.61. The number of rotatable bonds is 15. The summed E-state index contributed by atoms with van der Waals surface area (Å²) in [6, 6.07) is 24.1. The van der Waals surface area contributed by atoms with Gasteiger partial charge in [0.2, 0.25) is 11.8 Å². The van der Waals surface area contributed by atoms with Crippen molar-refractivity contribution in [3.8, 4) is 17.2 Å². The van der Waals surface area contributed by atoms with Gasteiger partial charge >= 0.3 is 0 Å². The minimum atomic E-state index is -4.61. The molecule has 0 bridgehead atoms. The molecule has 5 N–H and O–H groups in total. The van der Waals surface area contributed by atoms with Crippen molar-refractivity contribution in [3.63, 3.8) is 0 Å². The Kier molecular flexibility index (Phi) is 13.1. The van der Waals surface area contributed by atoms with E-state index in [1.54, 1.807) is 55.5 Å². The third-order valence-electron chi connectivity index (χ3n) is 10.8. The second kappa shape index (κ2) is 18.0. The molecule has 0 aromatic heterocycles. The van der Waals surface area contributed by atoms with Crippen molar-refractivity contribution in [2.24, 2.45) is 10.2 Å². The molecule has 0 fully saturated rings. The van der Waals surface area contributed by atoms with Gasteiger partial charge in [-0.25, -0.2) is 0 Å². The zero-order valence-corrected chi connectivity index (χ0v) is 35.3. The van der Waals surface area contributed by atoms with Crippen molar-refractivity contribution < 1.29 is 42.2 Å². The average Bonchev–Trinajstić information content (AvgIpc) is 3.20. The van der Waals surface area contributed by atoms with Gasteiger partial charge in [-0.15, -0.1) is 5.11 Å². The van der Waals surface area contributed by atoms with E-state index in [2.05, 4.69) is 60.7 Å². The molecular formula is C46H50N4O9S. The summed E-state index contributed by atoms with van der Waals surface area (Å²) in [4.78, 5) is 24.9. The van der Waals surface area contributed by atoms with E-state index in [1.165, 1.54) is 18.6 Å². The van der Waals surface area contributed by atoms with Gasteiger partial charge < -0.3 is 30.3 Å². The molecule has 6 rings (SSSR count). The number of aromatic hydroxyl groups is 1. The normalized spacial score (nSPS) is 15.4.